The van der Waals surface area contributed by atoms with E-state index < -0.39 is 11.5 Å². The van der Waals surface area contributed by atoms with Crippen LogP contribution in [0, 0.1) is 20.8 Å². The number of benzene rings is 1. The van der Waals surface area contributed by atoms with Crippen molar-refractivity contribution in [3.8, 4) is 5.75 Å². The van der Waals surface area contributed by atoms with Gasteiger partial charge < -0.3 is 14.8 Å². The van der Waals surface area contributed by atoms with Crippen molar-refractivity contribution in [2.75, 3.05) is 13.2 Å². The van der Waals surface area contributed by atoms with E-state index in [0.29, 0.717) is 5.75 Å². The average molecular weight is 371 g/mol. The number of aromatic nitrogens is 2. The molecule has 0 saturated carbocycles. The SMILES string of the molecule is Cc1cc(C)c(OCC(=O)OCC(C)(C)NC(=O)c2cnccn2)c(C)c1. The Morgan fingerprint density at radius 1 is 1.11 bits per heavy atom. The first kappa shape index (κ1) is 20.4. The molecule has 1 aromatic heterocycles. The maximum absolute atomic E-state index is 12.1. The Morgan fingerprint density at radius 3 is 2.37 bits per heavy atom. The number of hydrogen-bond donors (Lipinski definition) is 1. The van der Waals surface area contributed by atoms with Gasteiger partial charge in [0.1, 0.15) is 18.1 Å². The standard InChI is InChI=1S/C20H25N3O4/c1-13-8-14(2)18(15(3)9-13)26-11-17(24)27-12-20(4,5)23-19(25)16-10-21-6-7-22-16/h6-10H,11-12H2,1-5H3,(H,23,25). The molecule has 0 atom stereocenters. The fourth-order valence-corrected chi connectivity index (χ4v) is 2.65. The molecule has 1 aromatic carbocycles. The highest BCUT2D eigenvalue weighted by atomic mass is 16.6. The summed E-state index contributed by atoms with van der Waals surface area (Å²) in [4.78, 5) is 32.0. The van der Waals surface area contributed by atoms with Gasteiger partial charge in [0, 0.05) is 12.4 Å². The van der Waals surface area contributed by atoms with E-state index in [1.807, 2.05) is 32.9 Å². The molecular weight excluding hydrogens is 346 g/mol. The lowest BCUT2D eigenvalue weighted by molar-refractivity contribution is -0.147. The van der Waals surface area contributed by atoms with Crippen LogP contribution in [0.15, 0.2) is 30.7 Å². The van der Waals surface area contributed by atoms with E-state index in [-0.39, 0.29) is 24.8 Å². The second-order valence-electron chi connectivity index (χ2n) is 7.11. The second-order valence-corrected chi connectivity index (χ2v) is 7.11. The van der Waals surface area contributed by atoms with Crippen LogP contribution in [-0.2, 0) is 9.53 Å². The van der Waals surface area contributed by atoms with Crippen molar-refractivity contribution in [1.82, 2.24) is 15.3 Å². The van der Waals surface area contributed by atoms with Crippen LogP contribution in [0.5, 0.6) is 5.75 Å². The number of nitrogens with one attached hydrogen (secondary N) is 1. The summed E-state index contributed by atoms with van der Waals surface area (Å²) >= 11 is 0. The molecule has 2 aromatic rings. The van der Waals surface area contributed by atoms with Crippen LogP contribution >= 0.6 is 0 Å². The molecule has 144 valence electrons. The van der Waals surface area contributed by atoms with Crippen molar-refractivity contribution in [2.45, 2.75) is 40.2 Å². The first-order valence-electron chi connectivity index (χ1n) is 8.63. The highest BCUT2D eigenvalue weighted by molar-refractivity contribution is 5.92. The lowest BCUT2D eigenvalue weighted by Gasteiger charge is -2.25. The molecule has 1 N–H and O–H groups in total. The monoisotopic (exact) mass is 371 g/mol. The Labute approximate surface area is 159 Å². The van der Waals surface area contributed by atoms with Gasteiger partial charge in [-0.15, -0.1) is 0 Å². The van der Waals surface area contributed by atoms with Gasteiger partial charge in [-0.2, -0.15) is 0 Å². The highest BCUT2D eigenvalue weighted by Crippen LogP contribution is 2.24. The number of aryl methyl sites for hydroxylation is 3. The molecule has 0 bridgehead atoms. The second kappa shape index (κ2) is 8.62. The summed E-state index contributed by atoms with van der Waals surface area (Å²) in [5.74, 6) is -0.199. The maximum Gasteiger partial charge on any atom is 0.344 e. The Kier molecular flexibility index (Phi) is 6.50. The third kappa shape index (κ3) is 6.06. The quantitative estimate of drug-likeness (QED) is 0.752. The van der Waals surface area contributed by atoms with Crippen LogP contribution in [-0.4, -0.2) is 40.6 Å². The largest absolute Gasteiger partial charge is 0.481 e. The topological polar surface area (TPSA) is 90.4 Å². The average Bonchev–Trinajstić information content (AvgIpc) is 2.59. The van der Waals surface area contributed by atoms with E-state index in [2.05, 4.69) is 15.3 Å². The van der Waals surface area contributed by atoms with Gasteiger partial charge in [0.15, 0.2) is 6.61 Å². The smallest absolute Gasteiger partial charge is 0.344 e. The Balaban J connectivity index is 1.85. The van der Waals surface area contributed by atoms with Crippen LogP contribution in [0.4, 0.5) is 0 Å². The first-order chi connectivity index (χ1) is 12.7. The summed E-state index contributed by atoms with van der Waals surface area (Å²) in [5.41, 5.74) is 2.51. The number of carbonyl (C=O) groups excluding carboxylic acids is 2. The molecule has 27 heavy (non-hydrogen) atoms. The fourth-order valence-electron chi connectivity index (χ4n) is 2.65. The molecule has 0 unspecified atom stereocenters. The molecule has 7 heteroatoms. The molecule has 0 spiro atoms. The van der Waals surface area contributed by atoms with E-state index in [1.54, 1.807) is 13.8 Å². The zero-order valence-corrected chi connectivity index (χ0v) is 16.3. The highest BCUT2D eigenvalue weighted by Gasteiger charge is 2.24. The van der Waals surface area contributed by atoms with Crippen LogP contribution in [0.3, 0.4) is 0 Å². The number of nitrogens with zero attached hydrogens (tertiary/aromatic N) is 2. The zero-order valence-electron chi connectivity index (χ0n) is 16.3. The molecule has 7 nitrogen and oxygen atoms in total. The minimum absolute atomic E-state index is 0.00700. The van der Waals surface area contributed by atoms with Gasteiger partial charge >= 0.3 is 5.97 Å². The van der Waals surface area contributed by atoms with E-state index in [9.17, 15) is 9.59 Å². The lowest BCUT2D eigenvalue weighted by atomic mass is 10.1. The molecular formula is C20H25N3O4. The Bertz CT molecular complexity index is 796. The summed E-state index contributed by atoms with van der Waals surface area (Å²) < 4.78 is 10.9. The first-order valence-corrected chi connectivity index (χ1v) is 8.63. The summed E-state index contributed by atoms with van der Waals surface area (Å²) in [6, 6.07) is 4.00. The molecule has 0 aliphatic heterocycles. The third-order valence-corrected chi connectivity index (χ3v) is 3.78. The Morgan fingerprint density at radius 2 is 1.78 bits per heavy atom. The van der Waals surface area contributed by atoms with Crippen molar-refractivity contribution < 1.29 is 19.1 Å². The predicted octanol–water partition coefficient (Wildman–Crippen LogP) is 2.53. The van der Waals surface area contributed by atoms with Crippen LogP contribution in [0.2, 0.25) is 0 Å². The summed E-state index contributed by atoms with van der Waals surface area (Å²) in [5, 5.41) is 2.77. The van der Waals surface area contributed by atoms with E-state index in [0.717, 1.165) is 16.7 Å². The molecule has 0 fully saturated rings. The minimum atomic E-state index is -0.764. The molecule has 1 heterocycles. The molecule has 0 saturated heterocycles. The molecule has 0 radical (unpaired) electrons. The Hall–Kier alpha value is -2.96. The van der Waals surface area contributed by atoms with Crippen LogP contribution in [0.25, 0.3) is 0 Å². The third-order valence-electron chi connectivity index (χ3n) is 3.78. The normalized spacial score (nSPS) is 11.0. The summed E-state index contributed by atoms with van der Waals surface area (Å²) in [6.07, 6.45) is 4.30. The molecule has 0 aliphatic rings. The maximum atomic E-state index is 12.1. The zero-order chi connectivity index (χ0) is 20.0. The summed E-state index contributed by atoms with van der Waals surface area (Å²) in [6.45, 7) is 9.20. The van der Waals surface area contributed by atoms with Crippen LogP contribution < -0.4 is 10.1 Å². The number of esters is 1. The lowest BCUT2D eigenvalue weighted by Crippen LogP contribution is -2.47. The van der Waals surface area contributed by atoms with Gasteiger partial charge in [-0.1, -0.05) is 17.7 Å². The molecule has 1 amide bonds. The van der Waals surface area contributed by atoms with Crippen molar-refractivity contribution in [3.05, 3.63) is 53.1 Å². The number of hydrogen-bond acceptors (Lipinski definition) is 6. The van der Waals surface area contributed by atoms with Gasteiger partial charge in [0.25, 0.3) is 5.91 Å². The molecule has 0 aliphatic carbocycles. The molecule has 2 rings (SSSR count). The van der Waals surface area contributed by atoms with E-state index in [1.165, 1.54) is 18.6 Å². The van der Waals surface area contributed by atoms with E-state index >= 15 is 0 Å². The predicted molar refractivity (Wildman–Crippen MR) is 101 cm³/mol. The van der Waals surface area contributed by atoms with Gasteiger partial charge in [0.2, 0.25) is 0 Å². The summed E-state index contributed by atoms with van der Waals surface area (Å²) in [7, 11) is 0. The minimum Gasteiger partial charge on any atom is -0.481 e. The van der Waals surface area contributed by atoms with Crippen molar-refractivity contribution in [1.29, 1.82) is 0 Å². The number of amides is 1. The number of rotatable bonds is 7. The van der Waals surface area contributed by atoms with Crippen molar-refractivity contribution >= 4 is 11.9 Å². The van der Waals surface area contributed by atoms with E-state index in [4.69, 9.17) is 9.47 Å². The van der Waals surface area contributed by atoms with Crippen molar-refractivity contribution in [3.63, 3.8) is 0 Å². The number of carbonyl (C=O) groups is 2. The van der Waals surface area contributed by atoms with Crippen molar-refractivity contribution in [2.24, 2.45) is 0 Å². The number of ether oxygens (including phenoxy) is 2. The van der Waals surface area contributed by atoms with Crippen LogP contribution in [0.1, 0.15) is 41.0 Å². The van der Waals surface area contributed by atoms with Gasteiger partial charge in [-0.05, 0) is 45.7 Å². The van der Waals surface area contributed by atoms with Gasteiger partial charge in [-0.25, -0.2) is 9.78 Å². The van der Waals surface area contributed by atoms with Gasteiger partial charge in [-0.3, -0.25) is 9.78 Å². The van der Waals surface area contributed by atoms with Gasteiger partial charge in [0.05, 0.1) is 11.7 Å². The fraction of sp³-hybridized carbons (Fsp3) is 0.400.